The number of nitrogens with zero attached hydrogens (tertiary/aromatic N) is 3. The minimum atomic E-state index is -0.188. The molecule has 3 heterocycles. The first-order chi connectivity index (χ1) is 9.83. The van der Waals surface area contributed by atoms with E-state index in [1.165, 1.54) is 4.57 Å². The first kappa shape index (κ1) is 11.8. The van der Waals surface area contributed by atoms with Gasteiger partial charge in [0.05, 0.1) is 12.1 Å². The normalized spacial score (nSPS) is 43.4. The Hall–Kier alpha value is -1.78. The highest BCUT2D eigenvalue weighted by Gasteiger charge is 2.72. The first-order valence-electron chi connectivity index (χ1n) is 7.62. The van der Waals surface area contributed by atoms with Crippen molar-refractivity contribution in [3.05, 3.63) is 45.3 Å². The molecule has 5 heteroatoms. The number of allylic oxidation sites excluding steroid dienone is 4. The maximum Gasteiger partial charge on any atom is 0.347 e. The Morgan fingerprint density at radius 1 is 0.952 bits per heavy atom. The fourth-order valence-corrected chi connectivity index (χ4v) is 5.79. The molecule has 0 N–H and O–H groups in total. The van der Waals surface area contributed by atoms with Gasteiger partial charge < -0.3 is 0 Å². The average Bonchev–Trinajstić information content (AvgIpc) is 2.77. The van der Waals surface area contributed by atoms with E-state index in [0.29, 0.717) is 0 Å². The van der Waals surface area contributed by atoms with Crippen LogP contribution in [-0.4, -0.2) is 13.9 Å². The highest BCUT2D eigenvalue weighted by atomic mass is 16.2. The summed E-state index contributed by atoms with van der Waals surface area (Å²) >= 11 is 0. The van der Waals surface area contributed by atoms with E-state index in [-0.39, 0.29) is 39.7 Å². The summed E-state index contributed by atoms with van der Waals surface area (Å²) in [6.45, 7) is 4.61. The number of hydrogen-bond donors (Lipinski definition) is 0. The summed E-state index contributed by atoms with van der Waals surface area (Å²) in [5, 5.41) is 0. The zero-order valence-electron chi connectivity index (χ0n) is 12.5. The van der Waals surface area contributed by atoms with Gasteiger partial charge in [0.1, 0.15) is 0 Å². The van der Waals surface area contributed by atoms with Crippen LogP contribution < -0.4 is 11.4 Å². The molecule has 6 rings (SSSR count). The minimum absolute atomic E-state index is 0.0179. The van der Waals surface area contributed by atoms with Crippen LogP contribution in [0.3, 0.4) is 0 Å². The third-order valence-corrected chi connectivity index (χ3v) is 6.34. The van der Waals surface area contributed by atoms with E-state index in [2.05, 4.69) is 38.2 Å². The van der Waals surface area contributed by atoms with Crippen molar-refractivity contribution in [2.24, 2.45) is 23.3 Å². The Morgan fingerprint density at radius 2 is 1.38 bits per heavy atom. The van der Waals surface area contributed by atoms with Gasteiger partial charge in [-0.1, -0.05) is 38.2 Å². The van der Waals surface area contributed by atoms with Gasteiger partial charge in [-0.15, -0.1) is 0 Å². The maximum atomic E-state index is 12.5. The predicted octanol–water partition coefficient (Wildman–Crippen LogP) is 1.38. The lowest BCUT2D eigenvalue weighted by molar-refractivity contribution is -0.0229. The van der Waals surface area contributed by atoms with Crippen LogP contribution >= 0.6 is 0 Å². The zero-order valence-corrected chi connectivity index (χ0v) is 12.5. The topological polar surface area (TPSA) is 48.9 Å². The monoisotopic (exact) mass is 285 g/mol. The van der Waals surface area contributed by atoms with Crippen LogP contribution in [0.1, 0.15) is 38.8 Å². The largest absolute Gasteiger partial charge is 0.347 e. The minimum Gasteiger partial charge on any atom is -0.246 e. The predicted molar refractivity (Wildman–Crippen MR) is 78.2 cm³/mol. The van der Waals surface area contributed by atoms with Crippen LogP contribution in [0, 0.1) is 16.2 Å². The van der Waals surface area contributed by atoms with Gasteiger partial charge in [0, 0.05) is 17.9 Å². The van der Waals surface area contributed by atoms with Crippen LogP contribution in [0.2, 0.25) is 0 Å². The van der Waals surface area contributed by atoms with Gasteiger partial charge in [-0.25, -0.2) is 23.5 Å². The van der Waals surface area contributed by atoms with E-state index in [1.807, 2.05) is 0 Å². The van der Waals surface area contributed by atoms with Crippen LogP contribution in [0.15, 0.2) is 33.9 Å². The van der Waals surface area contributed by atoms with Crippen LogP contribution in [-0.2, 0) is 7.05 Å². The second-order valence-electron chi connectivity index (χ2n) is 8.02. The summed E-state index contributed by atoms with van der Waals surface area (Å²) in [4.78, 5) is 25.0. The van der Waals surface area contributed by atoms with Crippen LogP contribution in [0.25, 0.3) is 0 Å². The number of hydrogen-bond acceptors (Lipinski definition) is 2. The first-order valence-corrected chi connectivity index (χ1v) is 7.62. The molecule has 5 aliphatic rings. The number of aromatic nitrogens is 3. The second kappa shape index (κ2) is 2.89. The van der Waals surface area contributed by atoms with Gasteiger partial charge in [-0.05, 0) is 18.3 Å². The summed E-state index contributed by atoms with van der Waals surface area (Å²) < 4.78 is 4.65. The van der Waals surface area contributed by atoms with Crippen molar-refractivity contribution >= 4 is 0 Å². The summed E-state index contributed by atoms with van der Waals surface area (Å²) in [7, 11) is 1.58. The lowest BCUT2D eigenvalue weighted by Crippen LogP contribution is -2.61. The molecule has 4 atom stereocenters. The lowest BCUT2D eigenvalue weighted by atomic mass is 9.48. The molecule has 0 spiro atoms. The van der Waals surface area contributed by atoms with Crippen molar-refractivity contribution < 1.29 is 0 Å². The third kappa shape index (κ3) is 0.945. The fourth-order valence-electron chi connectivity index (χ4n) is 5.79. The molecule has 1 aromatic heterocycles. The molecule has 0 unspecified atom stereocenters. The van der Waals surface area contributed by atoms with Gasteiger partial charge in [0.15, 0.2) is 0 Å². The van der Waals surface area contributed by atoms with Gasteiger partial charge in [-0.3, -0.25) is 0 Å². The lowest BCUT2D eigenvalue weighted by Gasteiger charge is -2.61. The van der Waals surface area contributed by atoms with Crippen molar-refractivity contribution in [1.82, 2.24) is 13.9 Å². The Bertz CT molecular complexity index is 800. The summed E-state index contributed by atoms with van der Waals surface area (Å²) in [5.41, 5.74) is -0.0916. The maximum absolute atomic E-state index is 12.5. The van der Waals surface area contributed by atoms with Gasteiger partial charge in [-0.2, -0.15) is 0 Å². The highest BCUT2D eigenvalue weighted by molar-refractivity contribution is 5.43. The quantitative estimate of drug-likeness (QED) is 0.676. The second-order valence-corrected chi connectivity index (χ2v) is 8.02. The van der Waals surface area contributed by atoms with Gasteiger partial charge >= 0.3 is 11.4 Å². The molecule has 0 saturated heterocycles. The molecule has 3 aliphatic carbocycles. The van der Waals surface area contributed by atoms with Crippen LogP contribution in [0.4, 0.5) is 0 Å². The summed E-state index contributed by atoms with van der Waals surface area (Å²) in [6, 6.07) is -0.0358. The molecule has 1 fully saturated rings. The number of rotatable bonds is 0. The summed E-state index contributed by atoms with van der Waals surface area (Å²) in [5.74, 6) is 0. The Labute approximate surface area is 122 Å². The van der Waals surface area contributed by atoms with E-state index < -0.39 is 0 Å². The molecule has 110 valence electrons. The van der Waals surface area contributed by atoms with Gasteiger partial charge in [0.2, 0.25) is 0 Å². The molecule has 21 heavy (non-hydrogen) atoms. The zero-order chi connectivity index (χ0) is 14.8. The van der Waals surface area contributed by atoms with Crippen molar-refractivity contribution in [3.63, 3.8) is 0 Å². The summed E-state index contributed by atoms with van der Waals surface area (Å²) in [6.07, 6.45) is 11.1. The molecule has 0 aromatic carbocycles. The highest BCUT2D eigenvalue weighted by Crippen LogP contribution is 2.77. The molecule has 0 amide bonds. The molecule has 1 saturated carbocycles. The smallest absolute Gasteiger partial charge is 0.246 e. The molecule has 2 bridgehead atoms. The Morgan fingerprint density at radius 3 is 1.76 bits per heavy atom. The third-order valence-electron chi connectivity index (χ3n) is 6.34. The Balaban J connectivity index is 1.88. The van der Waals surface area contributed by atoms with Crippen molar-refractivity contribution in [1.29, 1.82) is 0 Å². The average molecular weight is 285 g/mol. The molecule has 5 nitrogen and oxygen atoms in total. The van der Waals surface area contributed by atoms with Crippen LogP contribution in [0.5, 0.6) is 0 Å². The van der Waals surface area contributed by atoms with E-state index in [4.69, 9.17) is 0 Å². The van der Waals surface area contributed by atoms with Gasteiger partial charge in [0.25, 0.3) is 0 Å². The molecule has 1 aromatic rings. The molecule has 2 aliphatic heterocycles. The van der Waals surface area contributed by atoms with E-state index in [0.717, 1.165) is 12.8 Å². The van der Waals surface area contributed by atoms with Crippen molar-refractivity contribution in [2.45, 2.75) is 38.8 Å². The molecular formula is C16H19N3O2. The van der Waals surface area contributed by atoms with Crippen molar-refractivity contribution in [2.75, 3.05) is 0 Å². The molecule has 0 radical (unpaired) electrons. The SMILES string of the molecule is Cn1c(=O)n2n(c1=O)[C@H]1C=C[C@H]2[C@]23C=C[C@@]12CC(C)(C)C3. The van der Waals surface area contributed by atoms with E-state index in [1.54, 1.807) is 16.4 Å². The van der Waals surface area contributed by atoms with E-state index >= 15 is 0 Å². The fraction of sp³-hybridized carbons (Fsp3) is 0.625. The van der Waals surface area contributed by atoms with E-state index in [9.17, 15) is 9.59 Å². The Kier molecular flexibility index (Phi) is 1.63. The standard InChI is InChI=1S/C16H19N3O2/c1-14(2)8-15-6-7-16(15,9-14)11-5-4-10(15)18-12(20)17(3)13(21)19(11)18/h4-7,10-11H,8-9H2,1-3H3/t10-,11-,15+,16+/m0/s1. The van der Waals surface area contributed by atoms with Crippen molar-refractivity contribution in [3.8, 4) is 0 Å². The molecular weight excluding hydrogens is 266 g/mol.